The number of benzene rings is 1. The summed E-state index contributed by atoms with van der Waals surface area (Å²) in [4.78, 5) is 13.5. The molecule has 0 radical (unpaired) electrons. The first-order valence-corrected chi connectivity index (χ1v) is 5.86. The lowest BCUT2D eigenvalue weighted by molar-refractivity contribution is -0.128. The quantitative estimate of drug-likeness (QED) is 0.767. The Morgan fingerprint density at radius 2 is 2.39 bits per heavy atom. The SMILES string of the molecule is C=CC1CC(=O)N(Cc2ccc(F)cc2OC)C1. The number of carbonyl (C=O) groups is 1. The van der Waals surface area contributed by atoms with Crippen molar-refractivity contribution in [1.29, 1.82) is 0 Å². The molecular weight excluding hydrogens is 233 g/mol. The van der Waals surface area contributed by atoms with Crippen LogP contribution >= 0.6 is 0 Å². The molecule has 1 amide bonds. The summed E-state index contributed by atoms with van der Waals surface area (Å²) in [5, 5.41) is 0. The highest BCUT2D eigenvalue weighted by atomic mass is 19.1. The van der Waals surface area contributed by atoms with Gasteiger partial charge in [-0.2, -0.15) is 0 Å². The van der Waals surface area contributed by atoms with E-state index >= 15 is 0 Å². The average molecular weight is 249 g/mol. The fraction of sp³-hybridized carbons (Fsp3) is 0.357. The molecule has 2 rings (SSSR count). The van der Waals surface area contributed by atoms with E-state index in [4.69, 9.17) is 4.74 Å². The minimum absolute atomic E-state index is 0.103. The van der Waals surface area contributed by atoms with Crippen molar-refractivity contribution in [3.8, 4) is 5.75 Å². The van der Waals surface area contributed by atoms with E-state index < -0.39 is 0 Å². The molecule has 4 heteroatoms. The number of methoxy groups -OCH3 is 1. The Balaban J connectivity index is 2.14. The van der Waals surface area contributed by atoms with Crippen LogP contribution in [0.25, 0.3) is 0 Å². The Bertz CT molecular complexity index is 473. The number of likely N-dealkylation sites (tertiary alicyclic amines) is 1. The molecule has 0 spiro atoms. The zero-order chi connectivity index (χ0) is 13.1. The molecule has 0 bridgehead atoms. The first-order chi connectivity index (χ1) is 8.63. The molecule has 18 heavy (non-hydrogen) atoms. The van der Waals surface area contributed by atoms with Gasteiger partial charge in [-0.3, -0.25) is 4.79 Å². The van der Waals surface area contributed by atoms with Gasteiger partial charge in [-0.05, 0) is 6.07 Å². The first-order valence-electron chi connectivity index (χ1n) is 5.86. The van der Waals surface area contributed by atoms with Crippen LogP contribution in [0, 0.1) is 11.7 Å². The predicted molar refractivity (Wildman–Crippen MR) is 66.7 cm³/mol. The lowest BCUT2D eigenvalue weighted by Crippen LogP contribution is -2.24. The number of ether oxygens (including phenoxy) is 1. The second-order valence-corrected chi connectivity index (χ2v) is 4.43. The second-order valence-electron chi connectivity index (χ2n) is 4.43. The van der Waals surface area contributed by atoms with Crippen LogP contribution in [-0.2, 0) is 11.3 Å². The summed E-state index contributed by atoms with van der Waals surface area (Å²) in [6.07, 6.45) is 2.31. The molecule has 0 aliphatic carbocycles. The molecule has 1 saturated heterocycles. The normalized spacial score (nSPS) is 19.1. The van der Waals surface area contributed by atoms with Crippen molar-refractivity contribution < 1.29 is 13.9 Å². The molecule has 1 aromatic rings. The highest BCUT2D eigenvalue weighted by molar-refractivity contribution is 5.79. The monoisotopic (exact) mass is 249 g/mol. The minimum Gasteiger partial charge on any atom is -0.496 e. The number of hydrogen-bond donors (Lipinski definition) is 0. The molecule has 1 unspecified atom stereocenters. The molecule has 1 fully saturated rings. The van der Waals surface area contributed by atoms with Crippen LogP contribution < -0.4 is 4.74 Å². The van der Waals surface area contributed by atoms with Gasteiger partial charge in [0, 0.05) is 37.1 Å². The Morgan fingerprint density at radius 3 is 3.00 bits per heavy atom. The molecule has 1 aliphatic heterocycles. The molecule has 1 heterocycles. The van der Waals surface area contributed by atoms with Crippen LogP contribution in [0.4, 0.5) is 4.39 Å². The maximum Gasteiger partial charge on any atom is 0.223 e. The van der Waals surface area contributed by atoms with Gasteiger partial charge in [0.05, 0.1) is 7.11 Å². The molecule has 3 nitrogen and oxygen atoms in total. The number of rotatable bonds is 4. The fourth-order valence-electron chi connectivity index (χ4n) is 2.17. The van der Waals surface area contributed by atoms with Gasteiger partial charge in [-0.1, -0.05) is 12.1 Å². The molecule has 0 saturated carbocycles. The highest BCUT2D eigenvalue weighted by Gasteiger charge is 2.28. The molecule has 0 aromatic heterocycles. The first kappa shape index (κ1) is 12.6. The smallest absolute Gasteiger partial charge is 0.223 e. The van der Waals surface area contributed by atoms with E-state index in [2.05, 4.69) is 6.58 Å². The van der Waals surface area contributed by atoms with Crippen molar-refractivity contribution in [2.24, 2.45) is 5.92 Å². The summed E-state index contributed by atoms with van der Waals surface area (Å²) in [5.74, 6) is 0.451. The van der Waals surface area contributed by atoms with Crippen LogP contribution in [0.15, 0.2) is 30.9 Å². The van der Waals surface area contributed by atoms with E-state index in [-0.39, 0.29) is 17.6 Å². The maximum absolute atomic E-state index is 13.1. The molecule has 1 aromatic carbocycles. The van der Waals surface area contributed by atoms with Crippen LogP contribution in [0.3, 0.4) is 0 Å². The van der Waals surface area contributed by atoms with E-state index in [1.54, 1.807) is 17.0 Å². The van der Waals surface area contributed by atoms with Crippen LogP contribution in [-0.4, -0.2) is 24.5 Å². The number of halogens is 1. The fourth-order valence-corrected chi connectivity index (χ4v) is 2.17. The Labute approximate surface area is 106 Å². The van der Waals surface area contributed by atoms with Crippen molar-refractivity contribution in [2.45, 2.75) is 13.0 Å². The Morgan fingerprint density at radius 1 is 1.61 bits per heavy atom. The van der Waals surface area contributed by atoms with Gasteiger partial charge < -0.3 is 9.64 Å². The zero-order valence-corrected chi connectivity index (χ0v) is 10.4. The number of amides is 1. The molecular formula is C14H16FNO2. The maximum atomic E-state index is 13.1. The summed E-state index contributed by atoms with van der Waals surface area (Å²) in [6, 6.07) is 4.37. The van der Waals surface area contributed by atoms with Gasteiger partial charge >= 0.3 is 0 Å². The van der Waals surface area contributed by atoms with Crippen molar-refractivity contribution >= 4 is 5.91 Å². The third-order valence-corrected chi connectivity index (χ3v) is 3.19. The largest absolute Gasteiger partial charge is 0.496 e. The number of carbonyl (C=O) groups excluding carboxylic acids is 1. The molecule has 1 atom stereocenters. The van der Waals surface area contributed by atoms with E-state index in [0.717, 1.165) is 5.56 Å². The van der Waals surface area contributed by atoms with E-state index in [9.17, 15) is 9.18 Å². The topological polar surface area (TPSA) is 29.5 Å². The zero-order valence-electron chi connectivity index (χ0n) is 10.4. The average Bonchev–Trinajstić information content (AvgIpc) is 2.72. The summed E-state index contributed by atoms with van der Waals surface area (Å²) in [7, 11) is 1.50. The van der Waals surface area contributed by atoms with Gasteiger partial charge in [-0.25, -0.2) is 4.39 Å². The lowest BCUT2D eigenvalue weighted by Gasteiger charge is -2.18. The standard InChI is InChI=1S/C14H16FNO2/c1-3-10-6-14(17)16(8-10)9-11-4-5-12(15)7-13(11)18-2/h3-5,7,10H,1,6,8-9H2,2H3. The van der Waals surface area contributed by atoms with Gasteiger partial charge in [0.15, 0.2) is 0 Å². The molecule has 0 N–H and O–H groups in total. The summed E-state index contributed by atoms with van der Waals surface area (Å²) in [6.45, 7) is 4.83. The lowest BCUT2D eigenvalue weighted by atomic mass is 10.1. The number of hydrogen-bond acceptors (Lipinski definition) is 2. The van der Waals surface area contributed by atoms with Crippen molar-refractivity contribution in [1.82, 2.24) is 4.90 Å². The van der Waals surface area contributed by atoms with E-state index in [1.807, 2.05) is 0 Å². The predicted octanol–water partition coefficient (Wildman–Crippen LogP) is 2.37. The Kier molecular flexibility index (Phi) is 3.65. The molecule has 96 valence electrons. The molecule has 1 aliphatic rings. The van der Waals surface area contributed by atoms with Crippen LogP contribution in [0.2, 0.25) is 0 Å². The number of nitrogens with zero attached hydrogens (tertiary/aromatic N) is 1. The van der Waals surface area contributed by atoms with Crippen molar-refractivity contribution in [2.75, 3.05) is 13.7 Å². The summed E-state index contributed by atoms with van der Waals surface area (Å²) in [5.41, 5.74) is 0.817. The van der Waals surface area contributed by atoms with Gasteiger partial charge in [0.2, 0.25) is 5.91 Å². The highest BCUT2D eigenvalue weighted by Crippen LogP contribution is 2.25. The summed E-state index contributed by atoms with van der Waals surface area (Å²) < 4.78 is 18.2. The van der Waals surface area contributed by atoms with Crippen molar-refractivity contribution in [3.05, 3.63) is 42.2 Å². The van der Waals surface area contributed by atoms with Crippen LogP contribution in [0.5, 0.6) is 5.75 Å². The minimum atomic E-state index is -0.340. The van der Waals surface area contributed by atoms with Crippen molar-refractivity contribution in [3.63, 3.8) is 0 Å². The van der Waals surface area contributed by atoms with Gasteiger partial charge in [0.25, 0.3) is 0 Å². The van der Waals surface area contributed by atoms with Crippen LogP contribution in [0.1, 0.15) is 12.0 Å². The van der Waals surface area contributed by atoms with Gasteiger partial charge in [-0.15, -0.1) is 6.58 Å². The third-order valence-electron chi connectivity index (χ3n) is 3.19. The third kappa shape index (κ3) is 2.53. The van der Waals surface area contributed by atoms with E-state index in [1.165, 1.54) is 19.2 Å². The summed E-state index contributed by atoms with van der Waals surface area (Å²) >= 11 is 0. The van der Waals surface area contributed by atoms with Gasteiger partial charge in [0.1, 0.15) is 11.6 Å². The Hall–Kier alpha value is -1.84. The second kappa shape index (κ2) is 5.21. The van der Waals surface area contributed by atoms with E-state index in [0.29, 0.717) is 25.3 Å².